The van der Waals surface area contributed by atoms with E-state index in [1.54, 1.807) is 37.3 Å². The monoisotopic (exact) mass is 464 g/mol. The molecule has 10 heteroatoms. The molecule has 3 aromatic rings. The molecule has 168 valence electrons. The fourth-order valence-corrected chi connectivity index (χ4v) is 4.51. The maximum Gasteiger partial charge on any atom is 0.573 e. The molecule has 0 fully saturated rings. The number of anilines is 2. The molecule has 3 aromatic carbocycles. The highest BCUT2D eigenvalue weighted by Crippen LogP contribution is 2.30. The van der Waals surface area contributed by atoms with E-state index in [1.165, 1.54) is 46.8 Å². The summed E-state index contributed by atoms with van der Waals surface area (Å²) in [6.07, 6.45) is -4.93. The molecule has 3 rings (SSSR count). The predicted octanol–water partition coefficient (Wildman–Crippen LogP) is 5.05. The number of carbonyl (C=O) groups is 1. The molecule has 1 amide bonds. The largest absolute Gasteiger partial charge is 0.573 e. The number of rotatable bonds is 7. The van der Waals surface area contributed by atoms with Crippen molar-refractivity contribution in [1.82, 2.24) is 0 Å². The van der Waals surface area contributed by atoms with Crippen LogP contribution in [0.15, 0.2) is 83.8 Å². The molecule has 0 saturated heterocycles. The van der Waals surface area contributed by atoms with E-state index in [-0.39, 0.29) is 22.7 Å². The van der Waals surface area contributed by atoms with Gasteiger partial charge < -0.3 is 10.1 Å². The van der Waals surface area contributed by atoms with Gasteiger partial charge in [0.15, 0.2) is 5.75 Å². The van der Waals surface area contributed by atoms with Crippen LogP contribution in [0.25, 0.3) is 0 Å². The number of alkyl halides is 3. The quantitative estimate of drug-likeness (QED) is 0.531. The van der Waals surface area contributed by atoms with Crippen LogP contribution in [-0.2, 0) is 10.0 Å². The molecule has 0 spiro atoms. The minimum absolute atomic E-state index is 0.0444. The van der Waals surface area contributed by atoms with Gasteiger partial charge in [-0.25, -0.2) is 8.42 Å². The third-order valence-corrected chi connectivity index (χ3v) is 6.28. The minimum atomic E-state index is -4.93. The van der Waals surface area contributed by atoms with Gasteiger partial charge in [-0.1, -0.05) is 36.4 Å². The van der Waals surface area contributed by atoms with Gasteiger partial charge >= 0.3 is 6.36 Å². The van der Waals surface area contributed by atoms with Crippen molar-refractivity contribution >= 4 is 27.3 Å². The summed E-state index contributed by atoms with van der Waals surface area (Å²) in [5.74, 6) is -1.37. The summed E-state index contributed by atoms with van der Waals surface area (Å²) in [4.78, 5) is 12.5. The number of nitrogens with one attached hydrogen (secondary N) is 1. The lowest BCUT2D eigenvalue weighted by Gasteiger charge is -2.23. The SMILES string of the molecule is CCN(c1ccccc1)S(=O)(=O)c1cccc(C(=O)Nc2ccccc2OC(F)(F)F)c1. The molecular formula is C22H19F3N2O4S. The standard InChI is InChI=1S/C22H19F3N2O4S/c1-2-27(17-10-4-3-5-11-17)32(29,30)18-12-8-9-16(15-18)21(28)26-19-13-6-7-14-20(19)31-22(23,24)25/h3-15H,2H2,1H3,(H,26,28). The Morgan fingerprint density at radius 1 is 0.969 bits per heavy atom. The maximum atomic E-state index is 13.2. The summed E-state index contributed by atoms with van der Waals surface area (Å²) in [5.41, 5.74) is 0.211. The van der Waals surface area contributed by atoms with E-state index in [0.29, 0.717) is 5.69 Å². The fourth-order valence-electron chi connectivity index (χ4n) is 2.99. The molecule has 0 saturated carbocycles. The number of halogens is 3. The van der Waals surface area contributed by atoms with Crippen LogP contribution in [-0.4, -0.2) is 27.2 Å². The number of benzene rings is 3. The van der Waals surface area contributed by atoms with Crippen LogP contribution in [0.5, 0.6) is 5.75 Å². The van der Waals surface area contributed by atoms with Gasteiger partial charge in [0.25, 0.3) is 15.9 Å². The van der Waals surface area contributed by atoms with Gasteiger partial charge in [-0.3, -0.25) is 9.10 Å². The summed E-state index contributed by atoms with van der Waals surface area (Å²) < 4.78 is 69.3. The Balaban J connectivity index is 1.89. The fraction of sp³-hybridized carbons (Fsp3) is 0.136. The molecule has 0 heterocycles. The number of ether oxygens (including phenoxy) is 1. The lowest BCUT2D eigenvalue weighted by Crippen LogP contribution is -2.31. The third kappa shape index (κ3) is 5.38. The second-order valence-corrected chi connectivity index (χ2v) is 8.39. The predicted molar refractivity (Wildman–Crippen MR) is 114 cm³/mol. The molecule has 1 N–H and O–H groups in total. The first-order valence-electron chi connectivity index (χ1n) is 9.46. The smallest absolute Gasteiger partial charge is 0.404 e. The van der Waals surface area contributed by atoms with Gasteiger partial charge in [0.05, 0.1) is 16.3 Å². The molecule has 32 heavy (non-hydrogen) atoms. The number of amides is 1. The number of sulfonamides is 1. The summed E-state index contributed by atoms with van der Waals surface area (Å²) in [5, 5.41) is 2.33. The lowest BCUT2D eigenvalue weighted by molar-refractivity contribution is -0.274. The number of hydrogen-bond acceptors (Lipinski definition) is 4. The van der Waals surface area contributed by atoms with E-state index in [0.717, 1.165) is 6.07 Å². The first-order chi connectivity index (χ1) is 15.1. The molecule has 0 aromatic heterocycles. The van der Waals surface area contributed by atoms with E-state index in [9.17, 15) is 26.4 Å². The van der Waals surface area contributed by atoms with Crippen LogP contribution in [0, 0.1) is 0 Å². The topological polar surface area (TPSA) is 75.7 Å². The Bertz CT molecular complexity index is 1200. The second-order valence-electron chi connectivity index (χ2n) is 6.53. The average molecular weight is 464 g/mol. The van der Waals surface area contributed by atoms with Gasteiger partial charge in [0, 0.05) is 12.1 Å². The van der Waals surface area contributed by atoms with Crippen molar-refractivity contribution in [3.63, 3.8) is 0 Å². The Hall–Kier alpha value is -3.53. The average Bonchev–Trinajstić information content (AvgIpc) is 2.75. The van der Waals surface area contributed by atoms with Crippen LogP contribution in [0.2, 0.25) is 0 Å². The van der Waals surface area contributed by atoms with Crippen LogP contribution < -0.4 is 14.4 Å². The van der Waals surface area contributed by atoms with Gasteiger partial charge in [-0.2, -0.15) is 0 Å². The normalized spacial score (nSPS) is 11.6. The Morgan fingerprint density at radius 3 is 2.28 bits per heavy atom. The van der Waals surface area contributed by atoms with E-state index >= 15 is 0 Å². The lowest BCUT2D eigenvalue weighted by atomic mass is 10.2. The van der Waals surface area contributed by atoms with E-state index < -0.39 is 28.0 Å². The van der Waals surface area contributed by atoms with Crippen molar-refractivity contribution in [2.75, 3.05) is 16.2 Å². The minimum Gasteiger partial charge on any atom is -0.404 e. The van der Waals surface area contributed by atoms with Crippen LogP contribution in [0.4, 0.5) is 24.5 Å². The molecule has 0 aliphatic rings. The number of hydrogen-bond donors (Lipinski definition) is 1. The molecule has 0 bridgehead atoms. The summed E-state index contributed by atoms with van der Waals surface area (Å²) >= 11 is 0. The highest BCUT2D eigenvalue weighted by Gasteiger charge is 2.32. The number of carbonyl (C=O) groups excluding carboxylic acids is 1. The van der Waals surface area contributed by atoms with E-state index in [2.05, 4.69) is 10.1 Å². The van der Waals surface area contributed by atoms with Crippen molar-refractivity contribution in [3.8, 4) is 5.75 Å². The summed E-state index contributed by atoms with van der Waals surface area (Å²) in [6.45, 7) is 1.84. The molecule has 0 radical (unpaired) electrons. The highest BCUT2D eigenvalue weighted by molar-refractivity contribution is 7.92. The summed E-state index contributed by atoms with van der Waals surface area (Å²) in [6, 6.07) is 18.8. The van der Waals surface area contributed by atoms with Crippen molar-refractivity contribution in [2.45, 2.75) is 18.2 Å². The Kier molecular flexibility index (Phi) is 6.73. The van der Waals surface area contributed by atoms with Crippen molar-refractivity contribution in [2.24, 2.45) is 0 Å². The first-order valence-corrected chi connectivity index (χ1v) is 10.9. The zero-order chi connectivity index (χ0) is 23.4. The molecule has 0 aliphatic carbocycles. The molecular weight excluding hydrogens is 445 g/mol. The number of para-hydroxylation sites is 3. The van der Waals surface area contributed by atoms with E-state index in [4.69, 9.17) is 0 Å². The van der Waals surface area contributed by atoms with Crippen molar-refractivity contribution in [1.29, 1.82) is 0 Å². The highest BCUT2D eigenvalue weighted by atomic mass is 32.2. The Morgan fingerprint density at radius 2 is 1.62 bits per heavy atom. The van der Waals surface area contributed by atoms with Gasteiger partial charge in [0.1, 0.15) is 0 Å². The van der Waals surface area contributed by atoms with Crippen LogP contribution >= 0.6 is 0 Å². The zero-order valence-corrected chi connectivity index (χ0v) is 17.7. The first kappa shape index (κ1) is 23.1. The van der Waals surface area contributed by atoms with Crippen molar-refractivity contribution < 1.29 is 31.1 Å². The maximum absolute atomic E-state index is 13.2. The van der Waals surface area contributed by atoms with E-state index in [1.807, 2.05) is 0 Å². The molecule has 0 aliphatic heterocycles. The van der Waals surface area contributed by atoms with Gasteiger partial charge in [0.2, 0.25) is 0 Å². The number of nitrogens with zero attached hydrogens (tertiary/aromatic N) is 1. The third-order valence-electron chi connectivity index (χ3n) is 4.38. The van der Waals surface area contributed by atoms with Gasteiger partial charge in [-0.05, 0) is 49.4 Å². The van der Waals surface area contributed by atoms with Gasteiger partial charge in [-0.15, -0.1) is 13.2 Å². The molecule has 0 unspecified atom stereocenters. The second kappa shape index (κ2) is 9.31. The summed E-state index contributed by atoms with van der Waals surface area (Å²) in [7, 11) is -3.99. The van der Waals surface area contributed by atoms with Crippen LogP contribution in [0.1, 0.15) is 17.3 Å². The Labute approximate surface area is 183 Å². The van der Waals surface area contributed by atoms with Crippen molar-refractivity contribution in [3.05, 3.63) is 84.4 Å². The van der Waals surface area contributed by atoms with Crippen LogP contribution in [0.3, 0.4) is 0 Å². The molecule has 0 atom stereocenters. The molecule has 6 nitrogen and oxygen atoms in total. The zero-order valence-electron chi connectivity index (χ0n) is 16.8.